The fraction of sp³-hybridized carbons (Fsp3) is 0.0217. The van der Waals surface area contributed by atoms with E-state index < -0.39 is 5.41 Å². The first kappa shape index (κ1) is 28.7. The second-order valence-electron chi connectivity index (χ2n) is 12.4. The molecule has 0 N–H and O–H groups in total. The molecule has 0 radical (unpaired) electrons. The fourth-order valence-corrected chi connectivity index (χ4v) is 7.44. The van der Waals surface area contributed by atoms with Crippen LogP contribution in [0.15, 0.2) is 188 Å². The third kappa shape index (κ3) is 4.87. The average Bonchev–Trinajstić information content (AvgIpc) is 3.49. The van der Waals surface area contributed by atoms with Crippen LogP contribution in [-0.4, -0.2) is 15.0 Å². The topological polar surface area (TPSA) is 38.7 Å². The Labute approximate surface area is 286 Å². The van der Waals surface area contributed by atoms with E-state index in [1.807, 2.05) is 24.5 Å². The zero-order valence-electron chi connectivity index (χ0n) is 26.7. The van der Waals surface area contributed by atoms with Crippen LogP contribution >= 0.6 is 0 Å². The van der Waals surface area contributed by atoms with E-state index in [-0.39, 0.29) is 0 Å². The van der Waals surface area contributed by atoms with Gasteiger partial charge in [-0.15, -0.1) is 0 Å². The summed E-state index contributed by atoms with van der Waals surface area (Å²) in [5, 5.41) is 0. The first-order valence-corrected chi connectivity index (χ1v) is 16.6. The number of nitrogens with zero attached hydrogens (tertiary/aromatic N) is 3. The lowest BCUT2D eigenvalue weighted by molar-refractivity contribution is 0.769. The van der Waals surface area contributed by atoms with Crippen LogP contribution in [0.25, 0.3) is 56.2 Å². The predicted octanol–water partition coefficient (Wildman–Crippen LogP) is 10.9. The van der Waals surface area contributed by atoms with Crippen molar-refractivity contribution in [2.45, 2.75) is 5.41 Å². The Hall–Kier alpha value is -6.45. The van der Waals surface area contributed by atoms with Gasteiger partial charge in [0.2, 0.25) is 0 Å². The second-order valence-corrected chi connectivity index (χ2v) is 12.4. The Kier molecular flexibility index (Phi) is 7.02. The smallest absolute Gasteiger partial charge is 0.160 e. The van der Waals surface area contributed by atoms with Crippen molar-refractivity contribution in [2.24, 2.45) is 0 Å². The summed E-state index contributed by atoms with van der Waals surface area (Å²) >= 11 is 0. The van der Waals surface area contributed by atoms with E-state index in [9.17, 15) is 0 Å². The van der Waals surface area contributed by atoms with Crippen LogP contribution in [0.2, 0.25) is 0 Å². The minimum atomic E-state index is -0.564. The SMILES string of the molecule is c1ccc(-c2cc(-c3ccccc3)nc(-c3ccc4c(c3)C(c3ccccc3)(c3ccccc3)c3cc(-c5ccncc5)ccc3-4)n2)cc1. The third-order valence-electron chi connectivity index (χ3n) is 9.69. The van der Waals surface area contributed by atoms with Crippen molar-refractivity contribution in [1.82, 2.24) is 15.0 Å². The molecule has 2 heterocycles. The van der Waals surface area contributed by atoms with Crippen LogP contribution in [0.4, 0.5) is 0 Å². The van der Waals surface area contributed by atoms with Gasteiger partial charge in [0.15, 0.2) is 5.82 Å². The lowest BCUT2D eigenvalue weighted by atomic mass is 9.67. The van der Waals surface area contributed by atoms with Crippen molar-refractivity contribution in [2.75, 3.05) is 0 Å². The van der Waals surface area contributed by atoms with E-state index in [0.29, 0.717) is 5.82 Å². The van der Waals surface area contributed by atoms with E-state index in [1.165, 1.54) is 33.4 Å². The highest BCUT2D eigenvalue weighted by Crippen LogP contribution is 2.57. The van der Waals surface area contributed by atoms with Crippen molar-refractivity contribution in [3.05, 3.63) is 211 Å². The summed E-state index contributed by atoms with van der Waals surface area (Å²) in [6.07, 6.45) is 3.72. The zero-order chi connectivity index (χ0) is 32.6. The maximum Gasteiger partial charge on any atom is 0.160 e. The molecule has 1 aliphatic rings. The lowest BCUT2D eigenvalue weighted by Crippen LogP contribution is -2.28. The van der Waals surface area contributed by atoms with Crippen LogP contribution in [0.1, 0.15) is 22.3 Å². The first-order valence-electron chi connectivity index (χ1n) is 16.6. The van der Waals surface area contributed by atoms with Crippen molar-refractivity contribution >= 4 is 0 Å². The molecular weight excluding hydrogens is 595 g/mol. The number of aromatic nitrogens is 3. The summed E-state index contributed by atoms with van der Waals surface area (Å²) in [5.41, 5.74) is 14.0. The molecule has 0 aliphatic heterocycles. The zero-order valence-corrected chi connectivity index (χ0v) is 26.7. The Morgan fingerprint density at radius 2 is 0.796 bits per heavy atom. The number of fused-ring (bicyclic) bond motifs is 3. The van der Waals surface area contributed by atoms with Gasteiger partial charge >= 0.3 is 0 Å². The van der Waals surface area contributed by atoms with Gasteiger partial charge in [-0.05, 0) is 74.8 Å². The molecule has 2 aromatic heterocycles. The highest BCUT2D eigenvalue weighted by molar-refractivity contribution is 5.90. The summed E-state index contributed by atoms with van der Waals surface area (Å²) < 4.78 is 0. The molecule has 8 aromatic rings. The van der Waals surface area contributed by atoms with Gasteiger partial charge in [0.05, 0.1) is 16.8 Å². The quantitative estimate of drug-likeness (QED) is 0.185. The number of pyridine rings is 1. The average molecular weight is 626 g/mol. The van der Waals surface area contributed by atoms with Gasteiger partial charge in [-0.1, -0.05) is 146 Å². The monoisotopic (exact) mass is 625 g/mol. The summed E-state index contributed by atoms with van der Waals surface area (Å²) in [6, 6.07) is 62.5. The molecule has 230 valence electrons. The Morgan fingerprint density at radius 3 is 1.31 bits per heavy atom. The fourth-order valence-electron chi connectivity index (χ4n) is 7.44. The van der Waals surface area contributed by atoms with Crippen LogP contribution in [-0.2, 0) is 5.41 Å². The molecule has 3 heteroatoms. The molecule has 0 bridgehead atoms. The van der Waals surface area contributed by atoms with Crippen LogP contribution in [0.5, 0.6) is 0 Å². The molecule has 0 amide bonds. The highest BCUT2D eigenvalue weighted by Gasteiger charge is 2.46. The molecule has 0 unspecified atom stereocenters. The van der Waals surface area contributed by atoms with Crippen LogP contribution in [0, 0.1) is 0 Å². The van der Waals surface area contributed by atoms with E-state index >= 15 is 0 Å². The molecule has 0 saturated heterocycles. The van der Waals surface area contributed by atoms with Crippen LogP contribution < -0.4 is 0 Å². The minimum Gasteiger partial charge on any atom is -0.265 e. The van der Waals surface area contributed by atoms with Crippen molar-refractivity contribution in [1.29, 1.82) is 0 Å². The number of rotatable bonds is 6. The maximum absolute atomic E-state index is 5.20. The van der Waals surface area contributed by atoms with E-state index in [4.69, 9.17) is 9.97 Å². The molecule has 1 aliphatic carbocycles. The molecule has 0 atom stereocenters. The Balaban J connectivity index is 1.32. The number of hydrogen-bond acceptors (Lipinski definition) is 3. The molecule has 9 rings (SSSR count). The van der Waals surface area contributed by atoms with Gasteiger partial charge < -0.3 is 0 Å². The maximum atomic E-state index is 5.20. The van der Waals surface area contributed by atoms with Gasteiger partial charge in [0.1, 0.15) is 0 Å². The predicted molar refractivity (Wildman–Crippen MR) is 199 cm³/mol. The minimum absolute atomic E-state index is 0.564. The molecule has 0 saturated carbocycles. The molecule has 49 heavy (non-hydrogen) atoms. The third-order valence-corrected chi connectivity index (χ3v) is 9.69. The highest BCUT2D eigenvalue weighted by atomic mass is 14.9. The van der Waals surface area contributed by atoms with E-state index in [2.05, 4.69) is 169 Å². The molecule has 3 nitrogen and oxygen atoms in total. The second kappa shape index (κ2) is 12.0. The summed E-state index contributed by atoms with van der Waals surface area (Å²) in [6.45, 7) is 0. The van der Waals surface area contributed by atoms with Gasteiger partial charge in [-0.3, -0.25) is 4.98 Å². The van der Waals surface area contributed by atoms with Crippen molar-refractivity contribution in [3.63, 3.8) is 0 Å². The summed E-state index contributed by atoms with van der Waals surface area (Å²) in [5.74, 6) is 0.700. The largest absolute Gasteiger partial charge is 0.265 e. The Morgan fingerprint density at radius 1 is 0.347 bits per heavy atom. The van der Waals surface area contributed by atoms with Crippen molar-refractivity contribution < 1.29 is 0 Å². The van der Waals surface area contributed by atoms with E-state index in [0.717, 1.165) is 39.2 Å². The summed E-state index contributed by atoms with van der Waals surface area (Å²) in [4.78, 5) is 14.7. The Bertz CT molecular complexity index is 2310. The van der Waals surface area contributed by atoms with Gasteiger partial charge in [0, 0.05) is 29.1 Å². The molecule has 6 aromatic carbocycles. The van der Waals surface area contributed by atoms with Gasteiger partial charge in [-0.25, -0.2) is 9.97 Å². The lowest BCUT2D eigenvalue weighted by Gasteiger charge is -2.34. The normalized spacial score (nSPS) is 12.7. The first-order chi connectivity index (χ1) is 24.3. The molecular formula is C46H31N3. The van der Waals surface area contributed by atoms with E-state index in [1.54, 1.807) is 0 Å². The summed E-state index contributed by atoms with van der Waals surface area (Å²) in [7, 11) is 0. The van der Waals surface area contributed by atoms with Gasteiger partial charge in [-0.2, -0.15) is 0 Å². The number of hydrogen-bond donors (Lipinski definition) is 0. The molecule has 0 fully saturated rings. The number of benzene rings is 6. The standard InChI is InChI=1S/C46H31N3/c1-5-13-33(14-6-1)43-31-44(34-15-7-2-8-16-34)49-45(48-43)36-22-24-40-39-23-21-35(32-25-27-47-28-26-32)29-41(39)46(42(40)30-36,37-17-9-3-10-18-37)38-19-11-4-12-20-38/h1-31H. The van der Waals surface area contributed by atoms with Crippen molar-refractivity contribution in [3.8, 4) is 56.2 Å². The van der Waals surface area contributed by atoms with Gasteiger partial charge in [0.25, 0.3) is 0 Å². The molecule has 0 spiro atoms. The van der Waals surface area contributed by atoms with Crippen LogP contribution in [0.3, 0.4) is 0 Å².